The molecule has 0 aromatic carbocycles. The highest BCUT2D eigenvalue weighted by Crippen LogP contribution is 2.19. The third-order valence-corrected chi connectivity index (χ3v) is 4.16. The maximum atomic E-state index is 11.9. The standard InChI is InChI=1S/C14H24N2O2/c1-11-5-4-10-16(11)14(18)9-8-13(17)15-12-6-2-3-7-12/h11-12H,2-10H2,1H3,(H,15,17)/t11-/m1/s1. The van der Waals surface area contributed by atoms with Crippen LogP contribution in [0.5, 0.6) is 0 Å². The zero-order valence-electron chi connectivity index (χ0n) is 11.3. The second-order valence-corrected chi connectivity index (χ2v) is 5.63. The van der Waals surface area contributed by atoms with Crippen LogP contribution in [0.3, 0.4) is 0 Å². The van der Waals surface area contributed by atoms with Crippen LogP contribution in [-0.4, -0.2) is 35.3 Å². The molecular formula is C14H24N2O2. The van der Waals surface area contributed by atoms with Crippen LogP contribution in [0.2, 0.25) is 0 Å². The van der Waals surface area contributed by atoms with E-state index in [0.29, 0.717) is 24.9 Å². The van der Waals surface area contributed by atoms with Crippen molar-refractivity contribution in [3.63, 3.8) is 0 Å². The minimum absolute atomic E-state index is 0.0436. The van der Waals surface area contributed by atoms with Crippen LogP contribution in [0, 0.1) is 0 Å². The molecule has 4 nitrogen and oxygen atoms in total. The molecule has 2 amide bonds. The molecule has 1 aliphatic carbocycles. The van der Waals surface area contributed by atoms with E-state index in [1.54, 1.807) is 0 Å². The van der Waals surface area contributed by atoms with Crippen molar-refractivity contribution in [2.24, 2.45) is 0 Å². The van der Waals surface area contributed by atoms with Crippen molar-refractivity contribution in [3.05, 3.63) is 0 Å². The first-order valence-electron chi connectivity index (χ1n) is 7.25. The number of carbonyl (C=O) groups is 2. The van der Waals surface area contributed by atoms with E-state index >= 15 is 0 Å². The molecule has 2 fully saturated rings. The molecule has 0 bridgehead atoms. The van der Waals surface area contributed by atoms with Crippen LogP contribution in [-0.2, 0) is 9.59 Å². The summed E-state index contributed by atoms with van der Waals surface area (Å²) in [5.41, 5.74) is 0. The van der Waals surface area contributed by atoms with E-state index in [0.717, 1.165) is 32.2 Å². The normalized spacial score (nSPS) is 24.5. The second-order valence-electron chi connectivity index (χ2n) is 5.63. The number of amides is 2. The first-order valence-corrected chi connectivity index (χ1v) is 7.25. The van der Waals surface area contributed by atoms with Crippen molar-refractivity contribution < 1.29 is 9.59 Å². The van der Waals surface area contributed by atoms with Crippen LogP contribution >= 0.6 is 0 Å². The lowest BCUT2D eigenvalue weighted by Gasteiger charge is -2.21. The summed E-state index contributed by atoms with van der Waals surface area (Å²) >= 11 is 0. The van der Waals surface area contributed by atoms with E-state index in [4.69, 9.17) is 0 Å². The molecule has 0 spiro atoms. The average molecular weight is 252 g/mol. The molecule has 0 aromatic heterocycles. The van der Waals surface area contributed by atoms with E-state index in [1.807, 2.05) is 4.90 Å². The summed E-state index contributed by atoms with van der Waals surface area (Å²) in [6, 6.07) is 0.716. The molecule has 0 aromatic rings. The summed E-state index contributed by atoms with van der Waals surface area (Å²) < 4.78 is 0. The van der Waals surface area contributed by atoms with Gasteiger partial charge in [-0.15, -0.1) is 0 Å². The Kier molecular flexibility index (Phi) is 4.61. The Morgan fingerprint density at radius 1 is 1.11 bits per heavy atom. The Labute approximate surface area is 109 Å². The largest absolute Gasteiger partial charge is 0.353 e. The molecule has 1 saturated carbocycles. The van der Waals surface area contributed by atoms with Gasteiger partial charge >= 0.3 is 0 Å². The molecule has 2 rings (SSSR count). The van der Waals surface area contributed by atoms with Gasteiger partial charge in [-0.3, -0.25) is 9.59 Å². The van der Waals surface area contributed by atoms with Crippen molar-refractivity contribution in [1.29, 1.82) is 0 Å². The summed E-state index contributed by atoms with van der Waals surface area (Å²) in [7, 11) is 0. The van der Waals surface area contributed by atoms with Crippen molar-refractivity contribution >= 4 is 11.8 Å². The summed E-state index contributed by atoms with van der Waals surface area (Å²) in [5, 5.41) is 3.03. The van der Waals surface area contributed by atoms with Gasteiger partial charge in [0.25, 0.3) is 0 Å². The number of rotatable bonds is 4. The maximum absolute atomic E-state index is 11.9. The lowest BCUT2D eigenvalue weighted by atomic mass is 10.2. The second kappa shape index (κ2) is 6.21. The van der Waals surface area contributed by atoms with Crippen molar-refractivity contribution in [2.45, 2.75) is 70.4 Å². The lowest BCUT2D eigenvalue weighted by Crippen LogP contribution is -2.36. The van der Waals surface area contributed by atoms with Gasteiger partial charge in [0, 0.05) is 31.5 Å². The fourth-order valence-electron chi connectivity index (χ4n) is 3.04. The van der Waals surface area contributed by atoms with E-state index in [-0.39, 0.29) is 11.8 Å². The van der Waals surface area contributed by atoms with Gasteiger partial charge in [0.2, 0.25) is 11.8 Å². The predicted octanol–water partition coefficient (Wildman–Crippen LogP) is 1.84. The molecule has 2 aliphatic rings. The smallest absolute Gasteiger partial charge is 0.223 e. The number of likely N-dealkylation sites (tertiary alicyclic amines) is 1. The van der Waals surface area contributed by atoms with Crippen molar-refractivity contribution in [2.75, 3.05) is 6.54 Å². The Morgan fingerprint density at radius 3 is 2.44 bits per heavy atom. The number of hydrogen-bond donors (Lipinski definition) is 1. The molecule has 1 N–H and O–H groups in total. The van der Waals surface area contributed by atoms with Crippen LogP contribution < -0.4 is 5.32 Å². The van der Waals surface area contributed by atoms with Gasteiger partial charge in [-0.25, -0.2) is 0 Å². The van der Waals surface area contributed by atoms with Crippen molar-refractivity contribution in [1.82, 2.24) is 10.2 Å². The van der Waals surface area contributed by atoms with Gasteiger partial charge < -0.3 is 10.2 Å². The zero-order chi connectivity index (χ0) is 13.0. The fourth-order valence-corrected chi connectivity index (χ4v) is 3.04. The monoisotopic (exact) mass is 252 g/mol. The van der Waals surface area contributed by atoms with Crippen LogP contribution in [0.1, 0.15) is 58.3 Å². The minimum Gasteiger partial charge on any atom is -0.353 e. The molecule has 1 heterocycles. The minimum atomic E-state index is 0.0436. The molecule has 1 saturated heterocycles. The molecule has 4 heteroatoms. The van der Waals surface area contributed by atoms with Gasteiger partial charge in [0.15, 0.2) is 0 Å². The van der Waals surface area contributed by atoms with Gasteiger partial charge in [-0.2, -0.15) is 0 Å². The topological polar surface area (TPSA) is 49.4 Å². The highest BCUT2D eigenvalue weighted by atomic mass is 16.2. The predicted molar refractivity (Wildman–Crippen MR) is 70.0 cm³/mol. The molecule has 102 valence electrons. The molecule has 1 aliphatic heterocycles. The van der Waals surface area contributed by atoms with E-state index in [2.05, 4.69) is 12.2 Å². The van der Waals surface area contributed by atoms with Crippen LogP contribution in [0.4, 0.5) is 0 Å². The lowest BCUT2D eigenvalue weighted by molar-refractivity contribution is -0.134. The first kappa shape index (κ1) is 13.4. The Hall–Kier alpha value is -1.06. The highest BCUT2D eigenvalue weighted by molar-refractivity contribution is 5.84. The number of hydrogen-bond acceptors (Lipinski definition) is 2. The molecule has 1 atom stereocenters. The zero-order valence-corrected chi connectivity index (χ0v) is 11.3. The number of carbonyl (C=O) groups excluding carboxylic acids is 2. The summed E-state index contributed by atoms with van der Waals surface area (Å²) in [4.78, 5) is 25.6. The van der Waals surface area contributed by atoms with Crippen LogP contribution in [0.25, 0.3) is 0 Å². The number of nitrogens with zero attached hydrogens (tertiary/aromatic N) is 1. The SMILES string of the molecule is C[C@@H]1CCCN1C(=O)CCC(=O)NC1CCCC1. The molecule has 0 radical (unpaired) electrons. The highest BCUT2D eigenvalue weighted by Gasteiger charge is 2.25. The van der Waals surface area contributed by atoms with E-state index in [1.165, 1.54) is 12.8 Å². The third-order valence-electron chi connectivity index (χ3n) is 4.16. The Morgan fingerprint density at radius 2 is 1.83 bits per heavy atom. The summed E-state index contributed by atoms with van der Waals surface area (Å²) in [6.45, 7) is 2.95. The Bertz CT molecular complexity index is 311. The fraction of sp³-hybridized carbons (Fsp3) is 0.857. The molecule has 18 heavy (non-hydrogen) atoms. The van der Waals surface area contributed by atoms with Gasteiger partial charge in [-0.1, -0.05) is 12.8 Å². The molecular weight excluding hydrogens is 228 g/mol. The van der Waals surface area contributed by atoms with E-state index in [9.17, 15) is 9.59 Å². The summed E-state index contributed by atoms with van der Waals surface area (Å²) in [5.74, 6) is 0.184. The number of nitrogens with one attached hydrogen (secondary N) is 1. The van der Waals surface area contributed by atoms with Crippen LogP contribution in [0.15, 0.2) is 0 Å². The van der Waals surface area contributed by atoms with Gasteiger partial charge in [-0.05, 0) is 32.6 Å². The molecule has 0 unspecified atom stereocenters. The average Bonchev–Trinajstić information content (AvgIpc) is 2.97. The van der Waals surface area contributed by atoms with E-state index < -0.39 is 0 Å². The quantitative estimate of drug-likeness (QED) is 0.830. The summed E-state index contributed by atoms with van der Waals surface area (Å²) in [6.07, 6.45) is 7.54. The van der Waals surface area contributed by atoms with Gasteiger partial charge in [0.05, 0.1) is 0 Å². The maximum Gasteiger partial charge on any atom is 0.223 e. The Balaban J connectivity index is 1.67. The van der Waals surface area contributed by atoms with Gasteiger partial charge in [0.1, 0.15) is 0 Å². The first-order chi connectivity index (χ1) is 8.66. The van der Waals surface area contributed by atoms with Crippen molar-refractivity contribution in [3.8, 4) is 0 Å². The third kappa shape index (κ3) is 3.47.